The largest absolute Gasteiger partial charge is 0.219 e. The highest BCUT2D eigenvalue weighted by atomic mass is 17.8. The fraction of sp³-hybridized carbons (Fsp3) is 1.00. The van der Waals surface area contributed by atoms with Crippen LogP contribution in [0.5, 0.6) is 0 Å². The first-order valence-corrected chi connectivity index (χ1v) is 3.90. The number of rotatable bonds is 5. The fourth-order valence-corrected chi connectivity index (χ4v) is 1.26. The van der Waals surface area contributed by atoms with Gasteiger partial charge in [0.2, 0.25) is 0 Å². The quantitative estimate of drug-likeness (QED) is 0.393. The van der Waals surface area contributed by atoms with Gasteiger partial charge < -0.3 is 0 Å². The van der Waals surface area contributed by atoms with Crippen molar-refractivity contribution in [1.82, 2.24) is 0 Å². The third-order valence-corrected chi connectivity index (χ3v) is 1.81. The SMILES string of the molecule is OOOOOOC1CCCCC1. The van der Waals surface area contributed by atoms with Crippen molar-refractivity contribution in [3.05, 3.63) is 0 Å². The Hall–Kier alpha value is -0.240. The van der Waals surface area contributed by atoms with Crippen LogP contribution in [0, 0.1) is 0 Å². The molecular formula is C6H12O6. The second-order valence-corrected chi connectivity index (χ2v) is 2.63. The smallest absolute Gasteiger partial charge is 0.0962 e. The van der Waals surface area contributed by atoms with E-state index in [2.05, 4.69) is 20.2 Å². The van der Waals surface area contributed by atoms with Crippen LogP contribution >= 0.6 is 0 Å². The summed E-state index contributed by atoms with van der Waals surface area (Å²) in [6.07, 6.45) is 5.43. The summed E-state index contributed by atoms with van der Waals surface area (Å²) in [6.45, 7) is 0. The molecule has 6 nitrogen and oxygen atoms in total. The molecule has 1 saturated carbocycles. The van der Waals surface area contributed by atoms with E-state index in [0.717, 1.165) is 25.7 Å². The molecule has 0 amide bonds. The van der Waals surface area contributed by atoms with Gasteiger partial charge in [0, 0.05) is 0 Å². The summed E-state index contributed by atoms with van der Waals surface area (Å²) in [5.74, 6) is 0. The van der Waals surface area contributed by atoms with Gasteiger partial charge in [0.05, 0.1) is 6.10 Å². The maximum absolute atomic E-state index is 7.62. The van der Waals surface area contributed by atoms with Crippen LogP contribution in [-0.2, 0) is 25.0 Å². The molecule has 1 aliphatic rings. The molecule has 0 aromatic carbocycles. The van der Waals surface area contributed by atoms with Crippen LogP contribution in [0.3, 0.4) is 0 Å². The first kappa shape index (κ1) is 9.85. The van der Waals surface area contributed by atoms with Crippen LogP contribution in [0.25, 0.3) is 0 Å². The molecule has 6 heteroatoms. The summed E-state index contributed by atoms with van der Waals surface area (Å²) in [7, 11) is 0. The zero-order chi connectivity index (χ0) is 8.65. The molecule has 0 atom stereocenters. The lowest BCUT2D eigenvalue weighted by Gasteiger charge is -2.18. The van der Waals surface area contributed by atoms with Crippen molar-refractivity contribution in [3.63, 3.8) is 0 Å². The molecular weight excluding hydrogens is 168 g/mol. The minimum atomic E-state index is 0.0426. The molecule has 72 valence electrons. The van der Waals surface area contributed by atoms with Crippen molar-refractivity contribution >= 4 is 0 Å². The first-order chi connectivity index (χ1) is 5.93. The predicted octanol–water partition coefficient (Wildman–Crippen LogP) is 1.54. The molecule has 1 rings (SSSR count). The molecule has 1 N–H and O–H groups in total. The highest BCUT2D eigenvalue weighted by molar-refractivity contribution is 4.62. The first-order valence-electron chi connectivity index (χ1n) is 3.90. The second kappa shape index (κ2) is 6.30. The van der Waals surface area contributed by atoms with E-state index in [0.29, 0.717) is 0 Å². The Morgan fingerprint density at radius 3 is 2.33 bits per heavy atom. The molecule has 0 spiro atoms. The minimum Gasteiger partial charge on any atom is -0.219 e. The third kappa shape index (κ3) is 3.96. The summed E-state index contributed by atoms with van der Waals surface area (Å²) >= 11 is 0. The van der Waals surface area contributed by atoms with E-state index in [1.165, 1.54) is 6.42 Å². The molecule has 0 unspecified atom stereocenters. The lowest BCUT2D eigenvalue weighted by molar-refractivity contribution is -0.756. The van der Waals surface area contributed by atoms with Crippen LogP contribution in [0.4, 0.5) is 0 Å². The molecule has 0 saturated heterocycles. The molecule has 0 aromatic rings. The maximum Gasteiger partial charge on any atom is 0.0962 e. The molecule has 0 aliphatic heterocycles. The van der Waals surface area contributed by atoms with Crippen LogP contribution < -0.4 is 0 Å². The Kier molecular flexibility index (Phi) is 5.16. The van der Waals surface area contributed by atoms with Crippen molar-refractivity contribution < 1.29 is 30.3 Å². The van der Waals surface area contributed by atoms with E-state index in [1.807, 2.05) is 0 Å². The van der Waals surface area contributed by atoms with Gasteiger partial charge in [-0.25, -0.2) is 10.1 Å². The van der Waals surface area contributed by atoms with Gasteiger partial charge in [-0.3, -0.25) is 0 Å². The van der Waals surface area contributed by atoms with E-state index in [4.69, 9.17) is 10.1 Å². The Bertz CT molecular complexity index is 102. The van der Waals surface area contributed by atoms with Gasteiger partial charge in [0.15, 0.2) is 0 Å². The van der Waals surface area contributed by atoms with E-state index in [9.17, 15) is 0 Å². The lowest BCUT2D eigenvalue weighted by Crippen LogP contribution is -2.17. The Labute approximate surface area is 69.6 Å². The molecule has 1 fully saturated rings. The summed E-state index contributed by atoms with van der Waals surface area (Å²) in [5, 5.41) is 22.2. The van der Waals surface area contributed by atoms with Gasteiger partial charge >= 0.3 is 0 Å². The zero-order valence-corrected chi connectivity index (χ0v) is 6.60. The minimum absolute atomic E-state index is 0.0426. The van der Waals surface area contributed by atoms with Gasteiger partial charge in [0.1, 0.15) is 0 Å². The summed E-state index contributed by atoms with van der Waals surface area (Å²) in [4.78, 5) is 4.75. The standard InChI is InChI=1S/C6H12O6/c7-9-11-12-10-8-6-4-2-1-3-5-6/h6-7H,1-5H2. The molecule has 12 heavy (non-hydrogen) atoms. The number of hydrogen-bond donors (Lipinski definition) is 1. The van der Waals surface area contributed by atoms with Crippen LogP contribution in [0.1, 0.15) is 32.1 Å². The Morgan fingerprint density at radius 1 is 0.917 bits per heavy atom. The van der Waals surface area contributed by atoms with Crippen LogP contribution in [0.15, 0.2) is 0 Å². The summed E-state index contributed by atoms with van der Waals surface area (Å²) in [6, 6.07) is 0. The molecule has 0 heterocycles. The maximum atomic E-state index is 7.62. The number of hydrogen-bond acceptors (Lipinski definition) is 6. The normalized spacial score (nSPS) is 19.8. The average Bonchev–Trinajstić information content (AvgIpc) is 2.14. The third-order valence-electron chi connectivity index (χ3n) is 1.81. The Balaban J connectivity index is 1.91. The van der Waals surface area contributed by atoms with Crippen molar-refractivity contribution in [3.8, 4) is 0 Å². The van der Waals surface area contributed by atoms with E-state index < -0.39 is 0 Å². The highest BCUT2D eigenvalue weighted by Crippen LogP contribution is 2.20. The topological polar surface area (TPSA) is 66.4 Å². The zero-order valence-electron chi connectivity index (χ0n) is 6.60. The van der Waals surface area contributed by atoms with Gasteiger partial charge in [-0.1, -0.05) is 19.3 Å². The van der Waals surface area contributed by atoms with Crippen LogP contribution in [-0.4, -0.2) is 11.4 Å². The fourth-order valence-electron chi connectivity index (χ4n) is 1.26. The predicted molar refractivity (Wildman–Crippen MR) is 34.9 cm³/mol. The van der Waals surface area contributed by atoms with Crippen molar-refractivity contribution in [1.29, 1.82) is 0 Å². The van der Waals surface area contributed by atoms with E-state index >= 15 is 0 Å². The van der Waals surface area contributed by atoms with Crippen molar-refractivity contribution in [2.75, 3.05) is 0 Å². The monoisotopic (exact) mass is 180 g/mol. The molecule has 0 aromatic heterocycles. The second-order valence-electron chi connectivity index (χ2n) is 2.63. The highest BCUT2D eigenvalue weighted by Gasteiger charge is 2.15. The lowest BCUT2D eigenvalue weighted by atomic mass is 9.98. The summed E-state index contributed by atoms with van der Waals surface area (Å²) < 4.78 is 0. The van der Waals surface area contributed by atoms with Crippen LogP contribution in [0.2, 0.25) is 0 Å². The molecule has 0 bridgehead atoms. The molecule has 0 radical (unpaired) electrons. The Morgan fingerprint density at radius 2 is 1.67 bits per heavy atom. The van der Waals surface area contributed by atoms with Gasteiger partial charge in [-0.2, -0.15) is 0 Å². The van der Waals surface area contributed by atoms with E-state index in [1.54, 1.807) is 0 Å². The van der Waals surface area contributed by atoms with Gasteiger partial charge in [-0.05, 0) is 33.0 Å². The van der Waals surface area contributed by atoms with Crippen molar-refractivity contribution in [2.45, 2.75) is 38.2 Å². The van der Waals surface area contributed by atoms with Gasteiger partial charge in [0.25, 0.3) is 0 Å². The van der Waals surface area contributed by atoms with E-state index in [-0.39, 0.29) is 6.10 Å². The van der Waals surface area contributed by atoms with Gasteiger partial charge in [-0.15, -0.1) is 0 Å². The summed E-state index contributed by atoms with van der Waals surface area (Å²) in [5.41, 5.74) is 0. The molecule has 1 aliphatic carbocycles. The average molecular weight is 180 g/mol. The van der Waals surface area contributed by atoms with Crippen molar-refractivity contribution in [2.24, 2.45) is 0 Å².